The molecule has 1 amide bonds. The number of nitrogens with zero attached hydrogens (tertiary/aromatic N) is 1. The van der Waals surface area contributed by atoms with Gasteiger partial charge >= 0.3 is 0 Å². The largest absolute Gasteiger partial charge is 0.497 e. The Morgan fingerprint density at radius 1 is 1.28 bits per heavy atom. The number of amides is 1. The predicted molar refractivity (Wildman–Crippen MR) is 98.0 cm³/mol. The van der Waals surface area contributed by atoms with Crippen LogP contribution < -0.4 is 9.47 Å². The van der Waals surface area contributed by atoms with Gasteiger partial charge in [0.1, 0.15) is 11.5 Å². The van der Waals surface area contributed by atoms with Crippen LogP contribution in [-0.2, 0) is 17.9 Å². The maximum absolute atomic E-state index is 13.1. The van der Waals surface area contributed by atoms with Gasteiger partial charge in [0.25, 0.3) is 5.91 Å². The van der Waals surface area contributed by atoms with E-state index in [1.165, 1.54) is 0 Å². The minimum Gasteiger partial charge on any atom is -0.497 e. The van der Waals surface area contributed by atoms with Crippen molar-refractivity contribution in [1.29, 1.82) is 0 Å². The van der Waals surface area contributed by atoms with E-state index >= 15 is 0 Å². The van der Waals surface area contributed by atoms with Crippen LogP contribution in [0.4, 0.5) is 0 Å². The van der Waals surface area contributed by atoms with Gasteiger partial charge in [-0.15, -0.1) is 0 Å². The molecule has 1 unspecified atom stereocenters. The van der Waals surface area contributed by atoms with Crippen LogP contribution in [0, 0.1) is 5.92 Å². The lowest BCUT2D eigenvalue weighted by Crippen LogP contribution is -2.42. The van der Waals surface area contributed by atoms with Crippen LogP contribution in [0.2, 0.25) is 5.02 Å². The summed E-state index contributed by atoms with van der Waals surface area (Å²) in [7, 11) is 1.62. The van der Waals surface area contributed by atoms with Crippen molar-refractivity contribution >= 4 is 17.5 Å². The third-order valence-corrected chi connectivity index (χ3v) is 4.74. The lowest BCUT2D eigenvalue weighted by atomic mass is 10.1. The van der Waals surface area contributed by atoms with Crippen LogP contribution >= 0.6 is 11.6 Å². The summed E-state index contributed by atoms with van der Waals surface area (Å²) in [4.78, 5) is 14.9. The van der Waals surface area contributed by atoms with E-state index in [0.29, 0.717) is 29.6 Å². The van der Waals surface area contributed by atoms with Crippen LogP contribution in [0.25, 0.3) is 0 Å². The first kappa shape index (κ1) is 17.6. The SMILES string of the molecule is COc1ccc2c(c1)OC(C(C)C)C(=O)N(Cc1ccccc1Cl)C2. The minimum atomic E-state index is -0.532. The first-order chi connectivity index (χ1) is 12.0. The molecule has 0 spiro atoms. The molecule has 1 heterocycles. The van der Waals surface area contributed by atoms with Gasteiger partial charge in [-0.25, -0.2) is 0 Å². The number of carbonyl (C=O) groups excluding carboxylic acids is 1. The molecule has 0 saturated carbocycles. The van der Waals surface area contributed by atoms with Crippen molar-refractivity contribution in [2.45, 2.75) is 33.0 Å². The number of methoxy groups -OCH3 is 1. The number of hydrogen-bond donors (Lipinski definition) is 0. The Morgan fingerprint density at radius 2 is 2.04 bits per heavy atom. The summed E-state index contributed by atoms with van der Waals surface area (Å²) in [6, 6.07) is 13.3. The Morgan fingerprint density at radius 3 is 2.72 bits per heavy atom. The van der Waals surface area contributed by atoms with Gasteiger partial charge in [0.05, 0.1) is 7.11 Å². The minimum absolute atomic E-state index is 0.0231. The van der Waals surface area contributed by atoms with E-state index in [4.69, 9.17) is 21.1 Å². The van der Waals surface area contributed by atoms with Crippen molar-refractivity contribution in [3.63, 3.8) is 0 Å². The normalized spacial score (nSPS) is 17.1. The molecule has 2 aromatic carbocycles. The molecule has 0 N–H and O–H groups in total. The van der Waals surface area contributed by atoms with E-state index in [1.54, 1.807) is 7.11 Å². The fourth-order valence-corrected chi connectivity index (χ4v) is 3.14. The zero-order valence-corrected chi connectivity index (χ0v) is 15.4. The molecule has 25 heavy (non-hydrogen) atoms. The zero-order valence-electron chi connectivity index (χ0n) is 14.7. The van der Waals surface area contributed by atoms with Gasteiger partial charge in [-0.1, -0.05) is 43.6 Å². The fraction of sp³-hybridized carbons (Fsp3) is 0.350. The molecule has 0 saturated heterocycles. The van der Waals surface area contributed by atoms with E-state index in [9.17, 15) is 4.79 Å². The number of fused-ring (bicyclic) bond motifs is 1. The molecule has 4 nitrogen and oxygen atoms in total. The first-order valence-electron chi connectivity index (χ1n) is 8.35. The highest BCUT2D eigenvalue weighted by molar-refractivity contribution is 6.31. The van der Waals surface area contributed by atoms with E-state index in [2.05, 4.69) is 0 Å². The Labute approximate surface area is 153 Å². The van der Waals surface area contributed by atoms with E-state index in [1.807, 2.05) is 61.2 Å². The summed E-state index contributed by atoms with van der Waals surface area (Å²) in [5, 5.41) is 0.663. The summed E-state index contributed by atoms with van der Waals surface area (Å²) < 4.78 is 11.4. The fourth-order valence-electron chi connectivity index (χ4n) is 2.94. The van der Waals surface area contributed by atoms with Crippen LogP contribution in [-0.4, -0.2) is 24.0 Å². The summed E-state index contributed by atoms with van der Waals surface area (Å²) in [6.45, 7) is 4.91. The van der Waals surface area contributed by atoms with Crippen molar-refractivity contribution < 1.29 is 14.3 Å². The highest BCUT2D eigenvalue weighted by atomic mass is 35.5. The van der Waals surface area contributed by atoms with Crippen molar-refractivity contribution in [3.8, 4) is 11.5 Å². The number of carbonyl (C=O) groups is 1. The first-order valence-corrected chi connectivity index (χ1v) is 8.73. The average molecular weight is 360 g/mol. The monoisotopic (exact) mass is 359 g/mol. The highest BCUT2D eigenvalue weighted by Crippen LogP contribution is 2.32. The Hall–Kier alpha value is -2.20. The molecule has 1 aliphatic rings. The van der Waals surface area contributed by atoms with E-state index in [0.717, 1.165) is 11.1 Å². The smallest absolute Gasteiger partial charge is 0.264 e. The number of ether oxygens (including phenoxy) is 2. The Bertz CT molecular complexity index is 775. The van der Waals surface area contributed by atoms with Crippen LogP contribution in [0.1, 0.15) is 25.0 Å². The quantitative estimate of drug-likeness (QED) is 0.817. The molecule has 0 radical (unpaired) electrons. The third kappa shape index (κ3) is 3.74. The number of rotatable bonds is 4. The standard InChI is InChI=1S/C20H22ClNO3/c1-13(2)19-20(23)22(11-14-6-4-5-7-17(14)21)12-15-8-9-16(24-3)10-18(15)25-19/h4-10,13,19H,11-12H2,1-3H3. The second kappa shape index (κ2) is 7.36. The number of benzene rings is 2. The molecule has 3 rings (SSSR count). The van der Waals surface area contributed by atoms with Gasteiger partial charge in [-0.3, -0.25) is 4.79 Å². The maximum atomic E-state index is 13.1. The zero-order chi connectivity index (χ0) is 18.0. The lowest BCUT2D eigenvalue weighted by molar-refractivity contribution is -0.140. The summed E-state index contributed by atoms with van der Waals surface area (Å²) in [5.74, 6) is 1.45. The molecule has 2 aromatic rings. The Balaban J connectivity index is 1.96. The predicted octanol–water partition coefficient (Wildman–Crippen LogP) is 4.29. The molecule has 0 bridgehead atoms. The second-order valence-electron chi connectivity index (χ2n) is 6.54. The molecular formula is C20H22ClNO3. The van der Waals surface area contributed by atoms with Crippen molar-refractivity contribution in [1.82, 2.24) is 4.90 Å². The van der Waals surface area contributed by atoms with Crippen molar-refractivity contribution in [2.75, 3.05) is 7.11 Å². The van der Waals surface area contributed by atoms with E-state index in [-0.39, 0.29) is 11.8 Å². The molecule has 0 aromatic heterocycles. The van der Waals surface area contributed by atoms with Crippen LogP contribution in [0.5, 0.6) is 11.5 Å². The third-order valence-electron chi connectivity index (χ3n) is 4.37. The number of halogens is 1. The molecule has 5 heteroatoms. The van der Waals surface area contributed by atoms with E-state index < -0.39 is 6.10 Å². The number of hydrogen-bond acceptors (Lipinski definition) is 3. The van der Waals surface area contributed by atoms with Gasteiger partial charge in [-0.05, 0) is 29.7 Å². The summed E-state index contributed by atoms with van der Waals surface area (Å²) >= 11 is 6.28. The van der Waals surface area contributed by atoms with Gasteiger partial charge in [0, 0.05) is 29.7 Å². The molecule has 1 aliphatic heterocycles. The Kier molecular flexibility index (Phi) is 5.19. The molecular weight excluding hydrogens is 338 g/mol. The second-order valence-corrected chi connectivity index (χ2v) is 6.95. The molecule has 0 aliphatic carbocycles. The molecule has 0 fully saturated rings. The molecule has 1 atom stereocenters. The lowest BCUT2D eigenvalue weighted by Gasteiger charge is -2.26. The van der Waals surface area contributed by atoms with Crippen molar-refractivity contribution in [2.24, 2.45) is 5.92 Å². The maximum Gasteiger partial charge on any atom is 0.264 e. The molecule has 132 valence electrons. The topological polar surface area (TPSA) is 38.8 Å². The van der Waals surface area contributed by atoms with Gasteiger partial charge in [-0.2, -0.15) is 0 Å². The van der Waals surface area contributed by atoms with Gasteiger partial charge in [0.15, 0.2) is 6.10 Å². The van der Waals surface area contributed by atoms with Gasteiger partial charge < -0.3 is 14.4 Å². The highest BCUT2D eigenvalue weighted by Gasteiger charge is 2.33. The van der Waals surface area contributed by atoms with Crippen LogP contribution in [0.15, 0.2) is 42.5 Å². The average Bonchev–Trinajstić information content (AvgIpc) is 2.73. The summed E-state index contributed by atoms with van der Waals surface area (Å²) in [6.07, 6.45) is -0.532. The van der Waals surface area contributed by atoms with Gasteiger partial charge in [0.2, 0.25) is 0 Å². The van der Waals surface area contributed by atoms with Crippen LogP contribution in [0.3, 0.4) is 0 Å². The summed E-state index contributed by atoms with van der Waals surface area (Å²) in [5.41, 5.74) is 1.89. The van der Waals surface area contributed by atoms with Crippen molar-refractivity contribution in [3.05, 3.63) is 58.6 Å².